The summed E-state index contributed by atoms with van der Waals surface area (Å²) in [7, 11) is 0. The molecule has 0 aromatic rings. The second-order valence-electron chi connectivity index (χ2n) is 4.13. The number of carboxylic acid groups (broad SMARTS) is 1. The number of amides is 1. The van der Waals surface area contributed by atoms with Crippen molar-refractivity contribution in [2.24, 2.45) is 11.8 Å². The Labute approximate surface area is 93.3 Å². The molecule has 1 aliphatic rings. The van der Waals surface area contributed by atoms with Crippen molar-refractivity contribution in [1.29, 1.82) is 0 Å². The molecule has 6 nitrogen and oxygen atoms in total. The molecule has 0 saturated heterocycles. The average Bonchev–Trinajstić information content (AvgIpc) is 2.74. The number of aliphatic hydroxyl groups excluding tert-OH is 2. The van der Waals surface area contributed by atoms with E-state index in [-0.39, 0.29) is 18.4 Å². The highest BCUT2D eigenvalue weighted by Gasteiger charge is 2.33. The van der Waals surface area contributed by atoms with Crippen LogP contribution in [-0.2, 0) is 9.59 Å². The van der Waals surface area contributed by atoms with Crippen LogP contribution < -0.4 is 5.32 Å². The van der Waals surface area contributed by atoms with Crippen LogP contribution in [0.4, 0.5) is 0 Å². The fourth-order valence-corrected chi connectivity index (χ4v) is 1.87. The number of rotatable bonds is 5. The van der Waals surface area contributed by atoms with Gasteiger partial charge in [0.1, 0.15) is 0 Å². The highest BCUT2D eigenvalue weighted by atomic mass is 16.4. The van der Waals surface area contributed by atoms with Crippen molar-refractivity contribution >= 4 is 11.9 Å². The highest BCUT2D eigenvalue weighted by Crippen LogP contribution is 2.30. The molecule has 6 heteroatoms. The Kier molecular flexibility index (Phi) is 4.70. The quantitative estimate of drug-likeness (QED) is 0.483. The summed E-state index contributed by atoms with van der Waals surface area (Å²) >= 11 is 0. The van der Waals surface area contributed by atoms with Gasteiger partial charge in [0, 0.05) is 12.5 Å². The van der Waals surface area contributed by atoms with Gasteiger partial charge in [-0.1, -0.05) is 0 Å². The smallest absolute Gasteiger partial charge is 0.306 e. The topological polar surface area (TPSA) is 107 Å². The predicted octanol–water partition coefficient (Wildman–Crippen LogP) is -1.04. The molecule has 1 fully saturated rings. The molecule has 92 valence electrons. The van der Waals surface area contributed by atoms with E-state index in [4.69, 9.17) is 15.3 Å². The second kappa shape index (κ2) is 5.81. The Morgan fingerprint density at radius 2 is 1.94 bits per heavy atom. The molecule has 0 heterocycles. The molecular formula is C10H17NO5. The number of hydrogen-bond donors (Lipinski definition) is 4. The van der Waals surface area contributed by atoms with Crippen LogP contribution in [0.15, 0.2) is 0 Å². The minimum atomic E-state index is -0.958. The number of nitrogens with one attached hydrogen (secondary N) is 1. The molecule has 1 amide bonds. The molecule has 0 aliphatic heterocycles. The van der Waals surface area contributed by atoms with E-state index in [9.17, 15) is 9.59 Å². The summed E-state index contributed by atoms with van der Waals surface area (Å²) in [6.07, 6.45) is 0.491. The van der Waals surface area contributed by atoms with Crippen LogP contribution in [0.1, 0.15) is 19.3 Å². The van der Waals surface area contributed by atoms with Crippen molar-refractivity contribution in [3.05, 3.63) is 0 Å². The largest absolute Gasteiger partial charge is 0.481 e. The molecule has 0 spiro atoms. The standard InChI is InChI=1S/C10H17NO5/c12-5-8(13)4-11-9(14)6-1-2-7(3-6)10(15)16/h6-8,12-13H,1-5H2,(H,11,14)(H,15,16). The Bertz CT molecular complexity index is 268. The minimum absolute atomic E-state index is 0.00354. The van der Waals surface area contributed by atoms with Crippen LogP contribution in [-0.4, -0.2) is 46.5 Å². The summed E-state index contributed by atoms with van der Waals surface area (Å²) in [4.78, 5) is 22.2. The summed E-state index contributed by atoms with van der Waals surface area (Å²) in [6.45, 7) is -0.397. The first kappa shape index (κ1) is 12.9. The Morgan fingerprint density at radius 3 is 2.44 bits per heavy atom. The van der Waals surface area contributed by atoms with Gasteiger partial charge in [0.05, 0.1) is 18.6 Å². The molecule has 0 aromatic heterocycles. The van der Waals surface area contributed by atoms with E-state index in [1.54, 1.807) is 0 Å². The molecule has 3 unspecified atom stereocenters. The molecule has 3 atom stereocenters. The average molecular weight is 231 g/mol. The maximum absolute atomic E-state index is 11.5. The Morgan fingerprint density at radius 1 is 1.31 bits per heavy atom. The van der Waals surface area contributed by atoms with Gasteiger partial charge in [0.2, 0.25) is 5.91 Å². The van der Waals surface area contributed by atoms with Crippen LogP contribution in [0.5, 0.6) is 0 Å². The lowest BCUT2D eigenvalue weighted by atomic mass is 10.0. The van der Waals surface area contributed by atoms with Crippen LogP contribution in [0.3, 0.4) is 0 Å². The van der Waals surface area contributed by atoms with Gasteiger partial charge in [-0.05, 0) is 19.3 Å². The molecule has 1 rings (SSSR count). The Hall–Kier alpha value is -1.14. The SMILES string of the molecule is O=C(O)C1CCC(C(=O)NCC(O)CO)C1. The first-order valence-electron chi connectivity index (χ1n) is 5.34. The van der Waals surface area contributed by atoms with Crippen molar-refractivity contribution in [3.8, 4) is 0 Å². The zero-order valence-corrected chi connectivity index (χ0v) is 8.93. The van der Waals surface area contributed by atoms with Gasteiger partial charge >= 0.3 is 5.97 Å². The second-order valence-corrected chi connectivity index (χ2v) is 4.13. The first-order valence-corrected chi connectivity index (χ1v) is 5.34. The van der Waals surface area contributed by atoms with Gasteiger partial charge in [-0.25, -0.2) is 0 Å². The summed E-state index contributed by atoms with van der Waals surface area (Å²) in [6, 6.07) is 0. The molecule has 16 heavy (non-hydrogen) atoms. The third kappa shape index (κ3) is 3.46. The molecule has 1 saturated carbocycles. The van der Waals surface area contributed by atoms with E-state index in [2.05, 4.69) is 5.32 Å². The molecule has 0 aromatic carbocycles. The third-order valence-electron chi connectivity index (χ3n) is 2.88. The van der Waals surface area contributed by atoms with E-state index in [0.717, 1.165) is 0 Å². The van der Waals surface area contributed by atoms with E-state index in [0.29, 0.717) is 19.3 Å². The van der Waals surface area contributed by atoms with Gasteiger partial charge in [-0.3, -0.25) is 9.59 Å². The van der Waals surface area contributed by atoms with E-state index in [1.807, 2.05) is 0 Å². The summed E-state index contributed by atoms with van der Waals surface area (Å²) in [5.74, 6) is -1.81. The summed E-state index contributed by atoms with van der Waals surface area (Å²) in [5, 5.41) is 28.8. The van der Waals surface area contributed by atoms with Crippen LogP contribution >= 0.6 is 0 Å². The van der Waals surface area contributed by atoms with E-state index < -0.39 is 24.6 Å². The van der Waals surface area contributed by atoms with Gasteiger partial charge in [-0.2, -0.15) is 0 Å². The molecular weight excluding hydrogens is 214 g/mol. The van der Waals surface area contributed by atoms with Gasteiger partial charge < -0.3 is 20.6 Å². The minimum Gasteiger partial charge on any atom is -0.481 e. The number of carboxylic acids is 1. The fourth-order valence-electron chi connectivity index (χ4n) is 1.87. The third-order valence-corrected chi connectivity index (χ3v) is 2.88. The normalized spacial score (nSPS) is 26.4. The predicted molar refractivity (Wildman–Crippen MR) is 54.6 cm³/mol. The number of aliphatic hydroxyl groups is 2. The number of carbonyl (C=O) groups is 2. The maximum atomic E-state index is 11.5. The van der Waals surface area contributed by atoms with Crippen molar-refractivity contribution in [2.75, 3.05) is 13.2 Å². The van der Waals surface area contributed by atoms with Crippen molar-refractivity contribution in [1.82, 2.24) is 5.32 Å². The van der Waals surface area contributed by atoms with E-state index >= 15 is 0 Å². The summed E-state index contributed by atoms with van der Waals surface area (Å²) < 4.78 is 0. The molecule has 0 radical (unpaired) electrons. The van der Waals surface area contributed by atoms with Crippen molar-refractivity contribution < 1.29 is 24.9 Å². The number of carbonyl (C=O) groups excluding carboxylic acids is 1. The lowest BCUT2D eigenvalue weighted by Crippen LogP contribution is -2.37. The number of aliphatic carboxylic acids is 1. The number of hydrogen-bond acceptors (Lipinski definition) is 4. The van der Waals surface area contributed by atoms with Gasteiger partial charge in [0.25, 0.3) is 0 Å². The van der Waals surface area contributed by atoms with Crippen molar-refractivity contribution in [3.63, 3.8) is 0 Å². The summed E-state index contributed by atoms with van der Waals surface area (Å²) in [5.41, 5.74) is 0. The zero-order valence-electron chi connectivity index (χ0n) is 8.93. The zero-order chi connectivity index (χ0) is 12.1. The lowest BCUT2D eigenvalue weighted by molar-refractivity contribution is -0.141. The molecule has 4 N–H and O–H groups in total. The maximum Gasteiger partial charge on any atom is 0.306 e. The van der Waals surface area contributed by atoms with Crippen LogP contribution in [0, 0.1) is 11.8 Å². The lowest BCUT2D eigenvalue weighted by Gasteiger charge is -2.12. The van der Waals surface area contributed by atoms with E-state index in [1.165, 1.54) is 0 Å². The molecule has 0 bridgehead atoms. The van der Waals surface area contributed by atoms with Crippen LogP contribution in [0.2, 0.25) is 0 Å². The highest BCUT2D eigenvalue weighted by molar-refractivity contribution is 5.80. The van der Waals surface area contributed by atoms with Crippen molar-refractivity contribution in [2.45, 2.75) is 25.4 Å². The monoisotopic (exact) mass is 231 g/mol. The fraction of sp³-hybridized carbons (Fsp3) is 0.800. The van der Waals surface area contributed by atoms with Gasteiger partial charge in [0.15, 0.2) is 0 Å². The molecule has 1 aliphatic carbocycles. The van der Waals surface area contributed by atoms with Gasteiger partial charge in [-0.15, -0.1) is 0 Å². The van der Waals surface area contributed by atoms with Crippen LogP contribution in [0.25, 0.3) is 0 Å². The Balaban J connectivity index is 2.31. The first-order chi connectivity index (χ1) is 7.54.